The van der Waals surface area contributed by atoms with Crippen LogP contribution in [0.2, 0.25) is 0 Å². The number of amides is 1. The third-order valence-corrected chi connectivity index (χ3v) is 16.8. The Morgan fingerprint density at radius 1 is 0.351 bits per heavy atom. The van der Waals surface area contributed by atoms with Crippen LogP contribution in [-0.2, 0) is 14.3 Å². The molecule has 0 rings (SSSR count). The van der Waals surface area contributed by atoms with Crippen LogP contribution in [0.25, 0.3) is 0 Å². The summed E-state index contributed by atoms with van der Waals surface area (Å²) < 4.78 is 5.48. The number of esters is 1. The summed E-state index contributed by atoms with van der Waals surface area (Å²) in [4.78, 5) is 24.6. The highest BCUT2D eigenvalue weighted by atomic mass is 16.5. The predicted octanol–water partition coefficient (Wildman–Crippen LogP) is 22.8. The molecule has 0 aliphatic rings. The van der Waals surface area contributed by atoms with Crippen molar-refractivity contribution in [2.75, 3.05) is 13.2 Å². The molecular weight excluding hydrogens is 947 g/mol. The zero-order valence-corrected chi connectivity index (χ0v) is 52.5. The number of hydrogen-bond acceptors (Lipinski definition) is 5. The molecule has 3 N–H and O–H groups in total. The lowest BCUT2D eigenvalue weighted by Crippen LogP contribution is -2.45. The lowest BCUT2D eigenvalue weighted by molar-refractivity contribution is -0.143. The van der Waals surface area contributed by atoms with Gasteiger partial charge in [-0.15, -0.1) is 0 Å². The topological polar surface area (TPSA) is 95.9 Å². The standard InChI is InChI=1S/C71H139NO5/c1-3-5-7-9-11-13-15-17-18-34-37-40-43-47-51-55-59-63-69(74)68(67-73)72-70(75)64-60-56-52-48-44-41-38-35-32-30-28-26-24-22-20-19-21-23-25-27-29-31-33-36-39-42-46-50-54-58-62-66-77-71(76)65-61-57-53-49-45-16-14-12-10-8-6-4-2/h21,23,68-69,73-74H,3-20,22,24-67H2,1-2H3,(H,72,75)/b23-21-. The number of allylic oxidation sites excluding steroid dienone is 2. The first-order valence-electron chi connectivity index (χ1n) is 35.4. The number of aliphatic hydroxyl groups is 2. The molecule has 1 amide bonds. The van der Waals surface area contributed by atoms with E-state index in [0.29, 0.717) is 25.9 Å². The smallest absolute Gasteiger partial charge is 0.305 e. The van der Waals surface area contributed by atoms with E-state index < -0.39 is 12.1 Å². The van der Waals surface area contributed by atoms with Gasteiger partial charge in [0.1, 0.15) is 0 Å². The quantitative estimate of drug-likeness (QED) is 0.0320. The van der Waals surface area contributed by atoms with Crippen LogP contribution in [0.15, 0.2) is 12.2 Å². The Balaban J connectivity index is 3.35. The molecule has 0 saturated carbocycles. The van der Waals surface area contributed by atoms with E-state index in [1.54, 1.807) is 0 Å². The highest BCUT2D eigenvalue weighted by Gasteiger charge is 2.20. The molecule has 0 fully saturated rings. The fourth-order valence-corrected chi connectivity index (χ4v) is 11.4. The molecule has 0 bridgehead atoms. The van der Waals surface area contributed by atoms with E-state index in [0.717, 1.165) is 38.5 Å². The molecule has 0 saturated heterocycles. The third kappa shape index (κ3) is 63.6. The van der Waals surface area contributed by atoms with Crippen LogP contribution >= 0.6 is 0 Å². The molecule has 0 heterocycles. The molecule has 2 unspecified atom stereocenters. The summed E-state index contributed by atoms with van der Waals surface area (Å²) in [6.07, 6.45) is 82.7. The number of unbranched alkanes of at least 4 members (excludes halogenated alkanes) is 54. The number of hydrogen-bond donors (Lipinski definition) is 3. The van der Waals surface area contributed by atoms with Crippen LogP contribution in [0, 0.1) is 0 Å². The van der Waals surface area contributed by atoms with Gasteiger partial charge in [-0.2, -0.15) is 0 Å². The van der Waals surface area contributed by atoms with Gasteiger partial charge in [0.2, 0.25) is 5.91 Å². The van der Waals surface area contributed by atoms with E-state index in [1.807, 2.05) is 0 Å². The lowest BCUT2D eigenvalue weighted by Gasteiger charge is -2.22. The molecule has 0 aromatic rings. The van der Waals surface area contributed by atoms with Gasteiger partial charge in [0.05, 0.1) is 25.4 Å². The highest BCUT2D eigenvalue weighted by molar-refractivity contribution is 5.76. The van der Waals surface area contributed by atoms with Crippen molar-refractivity contribution < 1.29 is 24.5 Å². The number of aliphatic hydroxyl groups excluding tert-OH is 2. The second-order valence-electron chi connectivity index (χ2n) is 24.6. The fourth-order valence-electron chi connectivity index (χ4n) is 11.4. The van der Waals surface area contributed by atoms with Crippen LogP contribution in [-0.4, -0.2) is 47.4 Å². The summed E-state index contributed by atoms with van der Waals surface area (Å²) in [6.45, 7) is 4.99. The molecule has 0 spiro atoms. The molecule has 2 atom stereocenters. The van der Waals surface area contributed by atoms with E-state index >= 15 is 0 Å². The summed E-state index contributed by atoms with van der Waals surface area (Å²) in [7, 11) is 0. The Morgan fingerprint density at radius 3 is 0.922 bits per heavy atom. The van der Waals surface area contributed by atoms with E-state index in [9.17, 15) is 19.8 Å². The zero-order chi connectivity index (χ0) is 55.7. The van der Waals surface area contributed by atoms with Gasteiger partial charge in [0.15, 0.2) is 0 Å². The van der Waals surface area contributed by atoms with Gasteiger partial charge in [-0.1, -0.05) is 353 Å². The second kappa shape index (κ2) is 67.1. The molecular formula is C71H139NO5. The lowest BCUT2D eigenvalue weighted by atomic mass is 10.0. The number of carbonyl (C=O) groups excluding carboxylic acids is 2. The first-order valence-corrected chi connectivity index (χ1v) is 35.4. The van der Waals surface area contributed by atoms with E-state index in [-0.39, 0.29) is 18.5 Å². The number of ether oxygens (including phenoxy) is 1. The van der Waals surface area contributed by atoms with Gasteiger partial charge in [0, 0.05) is 12.8 Å². The van der Waals surface area contributed by atoms with Gasteiger partial charge in [-0.3, -0.25) is 9.59 Å². The molecule has 0 aliphatic carbocycles. The number of nitrogens with one attached hydrogen (secondary N) is 1. The molecule has 77 heavy (non-hydrogen) atoms. The average Bonchev–Trinajstić information content (AvgIpc) is 3.43. The van der Waals surface area contributed by atoms with Crippen LogP contribution in [0.1, 0.15) is 406 Å². The first kappa shape index (κ1) is 75.6. The molecule has 0 aromatic carbocycles. The van der Waals surface area contributed by atoms with Crippen molar-refractivity contribution in [3.8, 4) is 0 Å². The Bertz CT molecular complexity index is 1160. The SMILES string of the molecule is CCCCCCCCCCCCCCCCCCCC(O)C(CO)NC(=O)CCCCCCCCCCCCCCCCC/C=C\CCCCCCCCCCCCCCOC(=O)CCCCCCCCCCCCCC. The first-order chi connectivity index (χ1) is 38.0. The summed E-state index contributed by atoms with van der Waals surface area (Å²) >= 11 is 0. The average molecular weight is 1090 g/mol. The molecule has 0 aliphatic heterocycles. The van der Waals surface area contributed by atoms with Crippen molar-refractivity contribution in [3.63, 3.8) is 0 Å². The van der Waals surface area contributed by atoms with Crippen molar-refractivity contribution in [1.82, 2.24) is 5.32 Å². The minimum absolute atomic E-state index is 0.0192. The molecule has 0 radical (unpaired) electrons. The fraction of sp³-hybridized carbons (Fsp3) is 0.944. The van der Waals surface area contributed by atoms with Gasteiger partial charge in [-0.05, 0) is 51.4 Å². The Morgan fingerprint density at radius 2 is 0.610 bits per heavy atom. The van der Waals surface area contributed by atoms with E-state index in [2.05, 4.69) is 31.3 Å². The minimum Gasteiger partial charge on any atom is -0.466 e. The Labute approximate surface area is 482 Å². The number of carbonyl (C=O) groups is 2. The van der Waals surface area contributed by atoms with Crippen molar-refractivity contribution in [3.05, 3.63) is 12.2 Å². The molecule has 458 valence electrons. The summed E-state index contributed by atoms with van der Waals surface area (Å²) in [6, 6.07) is -0.539. The van der Waals surface area contributed by atoms with Crippen molar-refractivity contribution in [1.29, 1.82) is 0 Å². The second-order valence-corrected chi connectivity index (χ2v) is 24.6. The van der Waals surface area contributed by atoms with E-state index in [1.165, 1.54) is 334 Å². The Kier molecular flexibility index (Phi) is 65.9. The van der Waals surface area contributed by atoms with Crippen LogP contribution < -0.4 is 5.32 Å². The minimum atomic E-state index is -0.662. The predicted molar refractivity (Wildman–Crippen MR) is 338 cm³/mol. The Hall–Kier alpha value is -1.40. The largest absolute Gasteiger partial charge is 0.466 e. The molecule has 6 nitrogen and oxygen atoms in total. The summed E-state index contributed by atoms with van der Waals surface area (Å²) in [5, 5.41) is 23.4. The van der Waals surface area contributed by atoms with Crippen LogP contribution in [0.5, 0.6) is 0 Å². The van der Waals surface area contributed by atoms with E-state index in [4.69, 9.17) is 4.74 Å². The van der Waals surface area contributed by atoms with Gasteiger partial charge in [-0.25, -0.2) is 0 Å². The van der Waals surface area contributed by atoms with Crippen molar-refractivity contribution >= 4 is 11.9 Å². The van der Waals surface area contributed by atoms with Crippen molar-refractivity contribution in [2.24, 2.45) is 0 Å². The summed E-state index contributed by atoms with van der Waals surface area (Å²) in [5.41, 5.74) is 0. The van der Waals surface area contributed by atoms with Crippen molar-refractivity contribution in [2.45, 2.75) is 418 Å². The molecule has 6 heteroatoms. The highest BCUT2D eigenvalue weighted by Crippen LogP contribution is 2.19. The summed E-state index contributed by atoms with van der Waals surface area (Å²) in [5.74, 6) is -0.00960. The van der Waals surface area contributed by atoms with Gasteiger partial charge < -0.3 is 20.3 Å². The van der Waals surface area contributed by atoms with Crippen LogP contribution in [0.3, 0.4) is 0 Å². The monoisotopic (exact) mass is 1090 g/mol. The molecule has 0 aromatic heterocycles. The van der Waals surface area contributed by atoms with Gasteiger partial charge in [0.25, 0.3) is 0 Å². The maximum absolute atomic E-state index is 12.5. The van der Waals surface area contributed by atoms with Crippen LogP contribution in [0.4, 0.5) is 0 Å². The van der Waals surface area contributed by atoms with Gasteiger partial charge >= 0.3 is 5.97 Å². The normalized spacial score (nSPS) is 12.5. The zero-order valence-electron chi connectivity index (χ0n) is 52.5. The maximum atomic E-state index is 12.5. The third-order valence-electron chi connectivity index (χ3n) is 16.8. The number of rotatable bonds is 67. The maximum Gasteiger partial charge on any atom is 0.305 e.